The standard InChI is InChI=1S/C23H30N2O5S/c1-14(2)25(7)31(28,29)20-10-8-9-19(13-20)23(27)30-18(6)22(26)24-21-16(4)11-15(3)12-17(21)5/h8-14,18H,1-7H3,(H,24,26). The number of sulfonamides is 1. The van der Waals surface area contributed by atoms with E-state index in [-0.39, 0.29) is 16.5 Å². The molecule has 0 radical (unpaired) electrons. The molecule has 0 aliphatic rings. The van der Waals surface area contributed by atoms with Crippen molar-refractivity contribution in [2.24, 2.45) is 0 Å². The summed E-state index contributed by atoms with van der Waals surface area (Å²) < 4.78 is 31.9. The van der Waals surface area contributed by atoms with E-state index in [4.69, 9.17) is 4.74 Å². The van der Waals surface area contributed by atoms with Gasteiger partial charge in [0, 0.05) is 18.8 Å². The number of aryl methyl sites for hydroxylation is 3. The lowest BCUT2D eigenvalue weighted by Crippen LogP contribution is -2.33. The van der Waals surface area contributed by atoms with Crippen LogP contribution in [-0.2, 0) is 19.6 Å². The third-order valence-corrected chi connectivity index (χ3v) is 7.08. The van der Waals surface area contributed by atoms with Crippen molar-refractivity contribution in [1.29, 1.82) is 0 Å². The van der Waals surface area contributed by atoms with Crippen LogP contribution in [0.15, 0.2) is 41.3 Å². The first-order valence-electron chi connectivity index (χ1n) is 10.0. The Morgan fingerprint density at radius 2 is 1.58 bits per heavy atom. The highest BCUT2D eigenvalue weighted by molar-refractivity contribution is 7.89. The molecule has 0 fully saturated rings. The van der Waals surface area contributed by atoms with Gasteiger partial charge in [0.15, 0.2) is 6.10 Å². The molecule has 0 aliphatic carbocycles. The molecule has 0 spiro atoms. The summed E-state index contributed by atoms with van der Waals surface area (Å²) in [6.07, 6.45) is -1.06. The van der Waals surface area contributed by atoms with Crippen LogP contribution < -0.4 is 5.32 Å². The van der Waals surface area contributed by atoms with E-state index in [1.165, 1.54) is 42.5 Å². The number of hydrogen-bond acceptors (Lipinski definition) is 5. The highest BCUT2D eigenvalue weighted by Gasteiger charge is 2.25. The average Bonchev–Trinajstić information content (AvgIpc) is 2.69. The highest BCUT2D eigenvalue weighted by Crippen LogP contribution is 2.23. The van der Waals surface area contributed by atoms with Crippen molar-refractivity contribution in [2.45, 2.75) is 58.6 Å². The number of benzene rings is 2. The summed E-state index contributed by atoms with van der Waals surface area (Å²) in [6, 6.07) is 9.29. The SMILES string of the molecule is Cc1cc(C)c(NC(=O)C(C)OC(=O)c2cccc(S(=O)(=O)N(C)C(C)C)c2)c(C)c1. The number of nitrogens with one attached hydrogen (secondary N) is 1. The van der Waals surface area contributed by atoms with Crippen molar-refractivity contribution in [1.82, 2.24) is 4.31 Å². The van der Waals surface area contributed by atoms with Crippen LogP contribution in [0.1, 0.15) is 47.8 Å². The van der Waals surface area contributed by atoms with Gasteiger partial charge in [-0.3, -0.25) is 4.79 Å². The molecule has 0 heterocycles. The first-order valence-corrected chi connectivity index (χ1v) is 11.5. The first-order chi connectivity index (χ1) is 14.3. The van der Waals surface area contributed by atoms with Gasteiger partial charge in [0.05, 0.1) is 10.5 Å². The molecule has 0 aliphatic heterocycles. The zero-order chi connectivity index (χ0) is 23.5. The Balaban J connectivity index is 2.16. The second kappa shape index (κ2) is 9.62. The first kappa shape index (κ1) is 24.6. The van der Waals surface area contributed by atoms with Crippen molar-refractivity contribution >= 4 is 27.6 Å². The van der Waals surface area contributed by atoms with E-state index in [2.05, 4.69) is 5.32 Å². The third kappa shape index (κ3) is 5.71. The number of amides is 1. The number of anilines is 1. The molecule has 1 unspecified atom stereocenters. The summed E-state index contributed by atoms with van der Waals surface area (Å²) >= 11 is 0. The van der Waals surface area contributed by atoms with Crippen molar-refractivity contribution in [3.63, 3.8) is 0 Å². The molecular formula is C23H30N2O5S. The van der Waals surface area contributed by atoms with Gasteiger partial charge in [-0.15, -0.1) is 0 Å². The number of esters is 1. The second-order valence-electron chi connectivity index (χ2n) is 7.95. The number of hydrogen-bond donors (Lipinski definition) is 1. The van der Waals surface area contributed by atoms with E-state index < -0.39 is 28.0 Å². The van der Waals surface area contributed by atoms with Crippen molar-refractivity contribution in [2.75, 3.05) is 12.4 Å². The molecule has 2 aromatic carbocycles. The summed E-state index contributed by atoms with van der Waals surface area (Å²) in [4.78, 5) is 25.1. The third-order valence-electron chi connectivity index (χ3n) is 5.05. The van der Waals surface area contributed by atoms with E-state index in [9.17, 15) is 18.0 Å². The van der Waals surface area contributed by atoms with Crippen LogP contribution in [0.5, 0.6) is 0 Å². The molecule has 0 saturated heterocycles. The van der Waals surface area contributed by atoms with Gasteiger partial charge >= 0.3 is 5.97 Å². The predicted octanol–water partition coefficient (Wildman–Crippen LogP) is 3.82. The molecule has 31 heavy (non-hydrogen) atoms. The van der Waals surface area contributed by atoms with Crippen molar-refractivity contribution < 1.29 is 22.7 Å². The molecule has 1 amide bonds. The molecule has 0 aromatic heterocycles. The Kier molecular flexibility index (Phi) is 7.62. The number of nitrogens with zero attached hydrogens (tertiary/aromatic N) is 1. The zero-order valence-electron chi connectivity index (χ0n) is 19.0. The minimum atomic E-state index is -3.75. The van der Waals surface area contributed by atoms with Crippen LogP contribution in [0.3, 0.4) is 0 Å². The molecule has 1 atom stereocenters. The smallest absolute Gasteiger partial charge is 0.338 e. The summed E-state index contributed by atoms with van der Waals surface area (Å²) in [7, 11) is -2.27. The fraction of sp³-hybridized carbons (Fsp3) is 0.391. The Morgan fingerprint density at radius 3 is 2.13 bits per heavy atom. The van der Waals surface area contributed by atoms with Gasteiger partial charge in [-0.2, -0.15) is 4.31 Å². The predicted molar refractivity (Wildman–Crippen MR) is 121 cm³/mol. The molecule has 168 valence electrons. The molecular weight excluding hydrogens is 416 g/mol. The van der Waals surface area contributed by atoms with Gasteiger partial charge in [0.25, 0.3) is 5.91 Å². The Labute approximate surface area is 184 Å². The minimum absolute atomic E-state index is 0.0128. The van der Waals surface area contributed by atoms with Crippen LogP contribution in [0.4, 0.5) is 5.69 Å². The zero-order valence-corrected chi connectivity index (χ0v) is 19.8. The maximum Gasteiger partial charge on any atom is 0.338 e. The van der Waals surface area contributed by atoms with Crippen LogP contribution in [0, 0.1) is 20.8 Å². The number of carbonyl (C=O) groups excluding carboxylic acids is 2. The van der Waals surface area contributed by atoms with Gasteiger partial charge in [0.1, 0.15) is 0 Å². The molecule has 7 nitrogen and oxygen atoms in total. The topological polar surface area (TPSA) is 92.8 Å². The van der Waals surface area contributed by atoms with Crippen molar-refractivity contribution in [3.05, 3.63) is 58.7 Å². The summed E-state index contributed by atoms with van der Waals surface area (Å²) in [6.45, 7) is 10.8. The number of carbonyl (C=O) groups is 2. The van der Waals surface area contributed by atoms with E-state index in [1.54, 1.807) is 13.8 Å². The lowest BCUT2D eigenvalue weighted by Gasteiger charge is -2.21. The maximum absolute atomic E-state index is 12.7. The van der Waals surface area contributed by atoms with Crippen LogP contribution in [0.2, 0.25) is 0 Å². The quantitative estimate of drug-likeness (QED) is 0.653. The fourth-order valence-electron chi connectivity index (χ4n) is 3.11. The highest BCUT2D eigenvalue weighted by atomic mass is 32.2. The Hall–Kier alpha value is -2.71. The van der Waals surface area contributed by atoms with E-state index in [1.807, 2.05) is 32.9 Å². The van der Waals surface area contributed by atoms with Gasteiger partial charge < -0.3 is 10.1 Å². The molecule has 0 bridgehead atoms. The lowest BCUT2D eigenvalue weighted by atomic mass is 10.0. The molecule has 8 heteroatoms. The monoisotopic (exact) mass is 446 g/mol. The lowest BCUT2D eigenvalue weighted by molar-refractivity contribution is -0.123. The van der Waals surface area contributed by atoms with E-state index in [0.717, 1.165) is 16.7 Å². The van der Waals surface area contributed by atoms with Gasteiger partial charge in [-0.25, -0.2) is 13.2 Å². The van der Waals surface area contributed by atoms with E-state index in [0.29, 0.717) is 5.69 Å². The number of rotatable bonds is 7. The largest absolute Gasteiger partial charge is 0.449 e. The molecule has 1 N–H and O–H groups in total. The number of ether oxygens (including phenoxy) is 1. The molecule has 2 rings (SSSR count). The van der Waals surface area contributed by atoms with Gasteiger partial charge in [-0.1, -0.05) is 23.8 Å². The van der Waals surface area contributed by atoms with Crippen LogP contribution in [0.25, 0.3) is 0 Å². The summed E-state index contributed by atoms with van der Waals surface area (Å²) in [5.74, 6) is -1.24. The second-order valence-corrected chi connectivity index (χ2v) is 9.95. The fourth-order valence-corrected chi connectivity index (χ4v) is 4.53. The average molecular weight is 447 g/mol. The van der Waals surface area contributed by atoms with Gasteiger partial charge in [0.2, 0.25) is 10.0 Å². The Morgan fingerprint density at radius 1 is 1.00 bits per heavy atom. The maximum atomic E-state index is 12.7. The molecule has 0 saturated carbocycles. The van der Waals surface area contributed by atoms with Gasteiger partial charge in [-0.05, 0) is 70.9 Å². The summed E-state index contributed by atoms with van der Waals surface area (Å²) in [5.41, 5.74) is 3.66. The van der Waals surface area contributed by atoms with Crippen molar-refractivity contribution in [3.8, 4) is 0 Å². The minimum Gasteiger partial charge on any atom is -0.449 e. The molecule has 2 aromatic rings. The van der Waals surface area contributed by atoms with E-state index >= 15 is 0 Å². The summed E-state index contributed by atoms with van der Waals surface area (Å²) in [5, 5.41) is 2.81. The Bertz CT molecular complexity index is 1070. The normalized spacial score (nSPS) is 12.7. The van der Waals surface area contributed by atoms with Crippen LogP contribution in [-0.4, -0.2) is 43.8 Å². The van der Waals surface area contributed by atoms with Crippen LogP contribution >= 0.6 is 0 Å².